The molecule has 0 aromatic heterocycles. The quantitative estimate of drug-likeness (QED) is 0.837. The summed E-state index contributed by atoms with van der Waals surface area (Å²) in [6, 6.07) is 7.08. The Morgan fingerprint density at radius 1 is 1.50 bits per heavy atom. The molecular formula is C10H11BrN2O. The summed E-state index contributed by atoms with van der Waals surface area (Å²) in [6.07, 6.45) is 0. The lowest BCUT2D eigenvalue weighted by molar-refractivity contribution is 0.254. The maximum absolute atomic E-state index is 11.2. The first-order chi connectivity index (χ1) is 6.58. The van der Waals surface area contributed by atoms with Crippen LogP contribution in [-0.2, 0) is 0 Å². The zero-order chi connectivity index (χ0) is 10.6. The first-order valence-electron chi connectivity index (χ1n) is 4.07. The molecule has 2 N–H and O–H groups in total. The van der Waals surface area contributed by atoms with Crippen molar-refractivity contribution in [2.24, 2.45) is 0 Å². The molecule has 0 aliphatic rings. The summed E-state index contributed by atoms with van der Waals surface area (Å²) < 4.78 is 0.922. The van der Waals surface area contributed by atoms with Gasteiger partial charge in [0.15, 0.2) is 0 Å². The molecule has 1 rings (SSSR count). The summed E-state index contributed by atoms with van der Waals surface area (Å²) >= 11 is 3.31. The van der Waals surface area contributed by atoms with Crippen LogP contribution in [0.3, 0.4) is 0 Å². The minimum atomic E-state index is -0.282. The molecule has 0 spiro atoms. The molecule has 1 aromatic rings. The maximum Gasteiger partial charge on any atom is 0.323 e. The van der Waals surface area contributed by atoms with Crippen LogP contribution < -0.4 is 10.6 Å². The summed E-state index contributed by atoms with van der Waals surface area (Å²) in [6.45, 7) is 5.30. The number of halogens is 1. The standard InChI is InChI=1S/C10H11BrN2O/c1-7(2)12-10(14)13-9-5-3-4-8(11)6-9/h3-6H,1H2,2H3,(H2,12,13,14). The molecule has 0 saturated heterocycles. The molecule has 0 bridgehead atoms. The fraction of sp³-hybridized carbons (Fsp3) is 0.100. The van der Waals surface area contributed by atoms with Gasteiger partial charge in [-0.1, -0.05) is 28.6 Å². The molecule has 4 heteroatoms. The van der Waals surface area contributed by atoms with Gasteiger partial charge in [-0.15, -0.1) is 0 Å². The van der Waals surface area contributed by atoms with Gasteiger partial charge in [-0.05, 0) is 25.1 Å². The number of nitrogens with one attached hydrogen (secondary N) is 2. The van der Waals surface area contributed by atoms with Gasteiger partial charge in [-0.3, -0.25) is 0 Å². The van der Waals surface area contributed by atoms with E-state index in [1.807, 2.05) is 24.3 Å². The van der Waals surface area contributed by atoms with E-state index in [4.69, 9.17) is 0 Å². The summed E-state index contributed by atoms with van der Waals surface area (Å²) in [5, 5.41) is 5.22. The first kappa shape index (κ1) is 10.8. The van der Waals surface area contributed by atoms with E-state index in [2.05, 4.69) is 33.1 Å². The van der Waals surface area contributed by atoms with Crippen LogP contribution in [0, 0.1) is 0 Å². The van der Waals surface area contributed by atoms with Crippen molar-refractivity contribution in [3.8, 4) is 0 Å². The number of carbonyl (C=O) groups excluding carboxylic acids is 1. The van der Waals surface area contributed by atoms with Gasteiger partial charge in [-0.25, -0.2) is 4.79 Å². The average Bonchev–Trinajstić information content (AvgIpc) is 2.01. The highest BCUT2D eigenvalue weighted by molar-refractivity contribution is 9.10. The normalized spacial score (nSPS) is 9.29. The van der Waals surface area contributed by atoms with Crippen LogP contribution in [0.4, 0.5) is 10.5 Å². The number of carbonyl (C=O) groups is 1. The second-order valence-corrected chi connectivity index (χ2v) is 3.79. The van der Waals surface area contributed by atoms with Gasteiger partial charge >= 0.3 is 6.03 Å². The van der Waals surface area contributed by atoms with Crippen LogP contribution in [0.25, 0.3) is 0 Å². The third-order valence-corrected chi connectivity index (χ3v) is 1.90. The summed E-state index contributed by atoms with van der Waals surface area (Å²) in [7, 11) is 0. The van der Waals surface area contributed by atoms with E-state index in [1.54, 1.807) is 6.92 Å². The van der Waals surface area contributed by atoms with E-state index in [1.165, 1.54) is 0 Å². The van der Waals surface area contributed by atoms with Crippen LogP contribution >= 0.6 is 15.9 Å². The van der Waals surface area contributed by atoms with Gasteiger partial charge in [0, 0.05) is 15.9 Å². The number of urea groups is 1. The predicted molar refractivity (Wildman–Crippen MR) is 61.1 cm³/mol. The van der Waals surface area contributed by atoms with Crippen molar-refractivity contribution in [2.75, 3.05) is 5.32 Å². The molecule has 0 heterocycles. The molecule has 0 saturated carbocycles. The van der Waals surface area contributed by atoms with Crippen molar-refractivity contribution < 1.29 is 4.79 Å². The Labute approximate surface area is 91.3 Å². The van der Waals surface area contributed by atoms with Crippen molar-refractivity contribution in [3.63, 3.8) is 0 Å². The van der Waals surface area contributed by atoms with E-state index in [0.29, 0.717) is 5.70 Å². The topological polar surface area (TPSA) is 41.1 Å². The Balaban J connectivity index is 2.60. The summed E-state index contributed by atoms with van der Waals surface area (Å²) in [5.74, 6) is 0. The van der Waals surface area contributed by atoms with E-state index in [9.17, 15) is 4.79 Å². The molecule has 3 nitrogen and oxygen atoms in total. The highest BCUT2D eigenvalue weighted by atomic mass is 79.9. The molecule has 74 valence electrons. The Morgan fingerprint density at radius 3 is 2.79 bits per heavy atom. The molecule has 0 radical (unpaired) electrons. The predicted octanol–water partition coefficient (Wildman–Crippen LogP) is 3.10. The van der Waals surface area contributed by atoms with Gasteiger partial charge in [0.05, 0.1) is 0 Å². The van der Waals surface area contributed by atoms with Gasteiger partial charge in [-0.2, -0.15) is 0 Å². The number of benzene rings is 1. The van der Waals surface area contributed by atoms with Crippen molar-refractivity contribution >= 4 is 27.6 Å². The van der Waals surface area contributed by atoms with E-state index >= 15 is 0 Å². The van der Waals surface area contributed by atoms with Gasteiger partial charge in [0.2, 0.25) is 0 Å². The highest BCUT2D eigenvalue weighted by Crippen LogP contribution is 2.15. The van der Waals surface area contributed by atoms with E-state index in [-0.39, 0.29) is 6.03 Å². The van der Waals surface area contributed by atoms with Crippen LogP contribution in [0.15, 0.2) is 41.0 Å². The average molecular weight is 255 g/mol. The lowest BCUT2D eigenvalue weighted by atomic mass is 10.3. The second kappa shape index (κ2) is 4.81. The number of hydrogen-bond donors (Lipinski definition) is 2. The summed E-state index contributed by atoms with van der Waals surface area (Å²) in [4.78, 5) is 11.2. The van der Waals surface area contributed by atoms with Crippen LogP contribution in [0.5, 0.6) is 0 Å². The smallest absolute Gasteiger partial charge is 0.312 e. The van der Waals surface area contributed by atoms with Crippen LogP contribution in [-0.4, -0.2) is 6.03 Å². The van der Waals surface area contributed by atoms with Crippen molar-refractivity contribution in [1.82, 2.24) is 5.32 Å². The molecule has 2 amide bonds. The number of hydrogen-bond acceptors (Lipinski definition) is 1. The molecule has 0 aliphatic carbocycles. The number of rotatable bonds is 2. The zero-order valence-electron chi connectivity index (χ0n) is 7.80. The Morgan fingerprint density at radius 2 is 2.21 bits per heavy atom. The third kappa shape index (κ3) is 3.62. The van der Waals surface area contributed by atoms with Gasteiger partial charge < -0.3 is 10.6 Å². The SMILES string of the molecule is C=C(C)NC(=O)Nc1cccc(Br)c1. The molecule has 0 fully saturated rings. The number of allylic oxidation sites excluding steroid dienone is 1. The van der Waals surface area contributed by atoms with Gasteiger partial charge in [0.1, 0.15) is 0 Å². The van der Waals surface area contributed by atoms with Crippen molar-refractivity contribution in [3.05, 3.63) is 41.0 Å². The van der Waals surface area contributed by atoms with E-state index < -0.39 is 0 Å². The second-order valence-electron chi connectivity index (χ2n) is 2.87. The van der Waals surface area contributed by atoms with Crippen LogP contribution in [0.2, 0.25) is 0 Å². The molecule has 14 heavy (non-hydrogen) atoms. The minimum absolute atomic E-state index is 0.282. The lowest BCUT2D eigenvalue weighted by Crippen LogP contribution is -2.26. The first-order valence-corrected chi connectivity index (χ1v) is 4.86. The number of anilines is 1. The zero-order valence-corrected chi connectivity index (χ0v) is 9.39. The maximum atomic E-state index is 11.2. The molecule has 0 unspecified atom stereocenters. The van der Waals surface area contributed by atoms with E-state index in [0.717, 1.165) is 10.2 Å². The molecule has 0 atom stereocenters. The van der Waals surface area contributed by atoms with Crippen molar-refractivity contribution in [1.29, 1.82) is 0 Å². The fourth-order valence-electron chi connectivity index (χ4n) is 0.922. The Bertz CT molecular complexity index is 363. The van der Waals surface area contributed by atoms with Crippen LogP contribution in [0.1, 0.15) is 6.92 Å². The Kier molecular flexibility index (Phi) is 3.71. The highest BCUT2D eigenvalue weighted by Gasteiger charge is 2.00. The molecule has 1 aromatic carbocycles. The monoisotopic (exact) mass is 254 g/mol. The number of amides is 2. The van der Waals surface area contributed by atoms with Gasteiger partial charge in [0.25, 0.3) is 0 Å². The minimum Gasteiger partial charge on any atom is -0.312 e. The molecular weight excluding hydrogens is 244 g/mol. The summed E-state index contributed by atoms with van der Waals surface area (Å²) in [5.41, 5.74) is 1.34. The lowest BCUT2D eigenvalue weighted by Gasteiger charge is -2.06. The Hall–Kier alpha value is -1.29. The van der Waals surface area contributed by atoms with Crippen molar-refractivity contribution in [2.45, 2.75) is 6.92 Å². The third-order valence-electron chi connectivity index (χ3n) is 1.41. The molecule has 0 aliphatic heterocycles. The largest absolute Gasteiger partial charge is 0.323 e. The fourth-order valence-corrected chi connectivity index (χ4v) is 1.32.